The Labute approximate surface area is 191 Å². The first-order valence-corrected chi connectivity index (χ1v) is 11.2. The van der Waals surface area contributed by atoms with E-state index < -0.39 is 0 Å². The van der Waals surface area contributed by atoms with Crippen LogP contribution in [-0.2, 0) is 18.4 Å². The third kappa shape index (κ3) is 4.51. The highest BCUT2D eigenvalue weighted by atomic mass is 19.1. The molecule has 0 spiro atoms. The van der Waals surface area contributed by atoms with Gasteiger partial charge in [-0.2, -0.15) is 5.10 Å². The summed E-state index contributed by atoms with van der Waals surface area (Å²) >= 11 is 0. The zero-order valence-electron chi connectivity index (χ0n) is 18.7. The molecule has 7 nitrogen and oxygen atoms in total. The van der Waals surface area contributed by atoms with Crippen LogP contribution in [0.15, 0.2) is 42.7 Å². The van der Waals surface area contributed by atoms with Gasteiger partial charge in [0, 0.05) is 49.2 Å². The molecular formula is C25H26FN5O2. The lowest BCUT2D eigenvalue weighted by atomic mass is 10.0. The Morgan fingerprint density at radius 2 is 1.97 bits per heavy atom. The number of rotatable bonds is 6. The summed E-state index contributed by atoms with van der Waals surface area (Å²) in [6.45, 7) is 2.64. The van der Waals surface area contributed by atoms with Crippen molar-refractivity contribution in [2.24, 2.45) is 18.9 Å². The minimum atomic E-state index is -0.380. The Balaban J connectivity index is 1.30. The zero-order valence-corrected chi connectivity index (χ0v) is 18.7. The van der Waals surface area contributed by atoms with Crippen molar-refractivity contribution >= 4 is 17.5 Å². The highest BCUT2D eigenvalue weighted by Crippen LogP contribution is 2.43. The first-order valence-electron chi connectivity index (χ1n) is 11.2. The Morgan fingerprint density at radius 3 is 2.70 bits per heavy atom. The van der Waals surface area contributed by atoms with Crippen LogP contribution in [-0.4, -0.2) is 33.1 Å². The number of nitrogens with zero attached hydrogens (tertiary/aromatic N) is 4. The van der Waals surface area contributed by atoms with Gasteiger partial charge in [0.1, 0.15) is 11.5 Å². The van der Waals surface area contributed by atoms with E-state index in [-0.39, 0.29) is 35.8 Å². The maximum atomic E-state index is 14.2. The first kappa shape index (κ1) is 21.3. The van der Waals surface area contributed by atoms with E-state index in [4.69, 9.17) is 0 Å². The molecule has 1 N–H and O–H groups in total. The van der Waals surface area contributed by atoms with E-state index in [1.807, 2.05) is 25.3 Å². The molecule has 8 heteroatoms. The van der Waals surface area contributed by atoms with E-state index in [1.54, 1.807) is 28.9 Å². The molecule has 1 aliphatic heterocycles. The van der Waals surface area contributed by atoms with Gasteiger partial charge in [0.2, 0.25) is 5.91 Å². The van der Waals surface area contributed by atoms with Crippen molar-refractivity contribution in [1.29, 1.82) is 0 Å². The number of benzene rings is 1. The molecule has 2 aliphatic rings. The third-order valence-electron chi connectivity index (χ3n) is 6.37. The van der Waals surface area contributed by atoms with E-state index >= 15 is 0 Å². The number of carbonyl (C=O) groups is 2. The molecule has 3 aromatic rings. The summed E-state index contributed by atoms with van der Waals surface area (Å²) in [5, 5.41) is 6.95. The van der Waals surface area contributed by atoms with Gasteiger partial charge in [-0.05, 0) is 73.6 Å². The molecule has 170 valence electrons. The van der Waals surface area contributed by atoms with Gasteiger partial charge in [-0.15, -0.1) is 0 Å². The zero-order chi connectivity index (χ0) is 23.1. The topological polar surface area (TPSA) is 80.1 Å². The van der Waals surface area contributed by atoms with Crippen molar-refractivity contribution in [1.82, 2.24) is 20.1 Å². The lowest BCUT2D eigenvalue weighted by Gasteiger charge is -2.18. The fraction of sp³-hybridized carbons (Fsp3) is 0.360. The number of hydrogen-bond donors (Lipinski definition) is 1. The maximum absolute atomic E-state index is 14.2. The largest absolute Gasteiger partial charge is 0.347 e. The molecule has 1 saturated heterocycles. The van der Waals surface area contributed by atoms with Crippen molar-refractivity contribution in [3.63, 3.8) is 0 Å². The van der Waals surface area contributed by atoms with Crippen LogP contribution >= 0.6 is 0 Å². The second kappa shape index (κ2) is 8.42. The van der Waals surface area contributed by atoms with Crippen LogP contribution in [0.2, 0.25) is 0 Å². The van der Waals surface area contributed by atoms with Gasteiger partial charge in [0.15, 0.2) is 0 Å². The minimum absolute atomic E-state index is 0.109. The number of hydrogen-bond acceptors (Lipinski definition) is 4. The SMILES string of the molecule is Cc1cc(N2CCC(C3CC3)C2=O)cc(C(=O)NCc2cc(F)cc(-c3cnn(C)c3)c2)n1. The predicted molar refractivity (Wildman–Crippen MR) is 122 cm³/mol. The summed E-state index contributed by atoms with van der Waals surface area (Å²) in [6, 6.07) is 8.18. The molecular weight excluding hydrogens is 421 g/mol. The van der Waals surface area contributed by atoms with E-state index in [1.165, 1.54) is 12.1 Å². The van der Waals surface area contributed by atoms with Crippen molar-refractivity contribution in [3.05, 3.63) is 65.5 Å². The van der Waals surface area contributed by atoms with Gasteiger partial charge in [0.25, 0.3) is 5.91 Å². The number of amides is 2. The Kier molecular flexibility index (Phi) is 5.44. The highest BCUT2D eigenvalue weighted by molar-refractivity contribution is 5.99. The Hall–Kier alpha value is -3.55. The van der Waals surface area contributed by atoms with E-state index in [9.17, 15) is 14.0 Å². The number of aryl methyl sites for hydroxylation is 2. The molecule has 2 fully saturated rings. The average molecular weight is 448 g/mol. The molecule has 5 rings (SSSR count). The molecule has 2 aromatic heterocycles. The Morgan fingerprint density at radius 1 is 1.15 bits per heavy atom. The molecule has 33 heavy (non-hydrogen) atoms. The highest BCUT2D eigenvalue weighted by Gasteiger charge is 2.42. The molecule has 1 aromatic carbocycles. The fourth-order valence-electron chi connectivity index (χ4n) is 4.58. The lowest BCUT2D eigenvalue weighted by molar-refractivity contribution is -0.120. The molecule has 0 bridgehead atoms. The standard InChI is InChI=1S/C25H26FN5O2/c1-15-7-21(31-6-5-22(25(31)33)17-3-4-17)11-23(29-15)24(32)27-12-16-8-18(10-20(26)9-16)19-13-28-30(2)14-19/h7-11,13-14,17,22H,3-6,12H2,1-2H3,(H,27,32). The third-order valence-corrected chi connectivity index (χ3v) is 6.37. The number of pyridine rings is 1. The minimum Gasteiger partial charge on any atom is -0.347 e. The van der Waals surface area contributed by atoms with Crippen molar-refractivity contribution in [3.8, 4) is 11.1 Å². The fourth-order valence-corrected chi connectivity index (χ4v) is 4.58. The summed E-state index contributed by atoms with van der Waals surface area (Å²) in [7, 11) is 1.80. The summed E-state index contributed by atoms with van der Waals surface area (Å²) in [4.78, 5) is 31.8. The molecule has 2 amide bonds. The summed E-state index contributed by atoms with van der Waals surface area (Å²) in [6.07, 6.45) is 6.61. The number of anilines is 1. The van der Waals surface area contributed by atoms with Crippen LogP contribution in [0.5, 0.6) is 0 Å². The van der Waals surface area contributed by atoms with Gasteiger partial charge >= 0.3 is 0 Å². The predicted octanol–water partition coefficient (Wildman–Crippen LogP) is 3.62. The quantitative estimate of drug-likeness (QED) is 0.626. The summed E-state index contributed by atoms with van der Waals surface area (Å²) < 4.78 is 15.8. The van der Waals surface area contributed by atoms with Crippen molar-refractivity contribution < 1.29 is 14.0 Å². The lowest BCUT2D eigenvalue weighted by Crippen LogP contribution is -2.29. The van der Waals surface area contributed by atoms with Crippen molar-refractivity contribution in [2.45, 2.75) is 32.7 Å². The molecule has 1 saturated carbocycles. The summed E-state index contributed by atoms with van der Waals surface area (Å²) in [5.74, 6) is 0.0396. The van der Waals surface area contributed by atoms with E-state index in [2.05, 4.69) is 15.4 Å². The van der Waals surface area contributed by atoms with Crippen LogP contribution < -0.4 is 10.2 Å². The number of aromatic nitrogens is 3. The molecule has 1 atom stereocenters. The van der Waals surface area contributed by atoms with Crippen LogP contribution in [0.4, 0.5) is 10.1 Å². The van der Waals surface area contributed by atoms with Crippen LogP contribution in [0, 0.1) is 24.6 Å². The van der Waals surface area contributed by atoms with Crippen LogP contribution in [0.25, 0.3) is 11.1 Å². The smallest absolute Gasteiger partial charge is 0.270 e. The molecule has 1 unspecified atom stereocenters. The van der Waals surface area contributed by atoms with E-state index in [0.717, 1.165) is 24.8 Å². The van der Waals surface area contributed by atoms with Gasteiger partial charge in [-0.1, -0.05) is 0 Å². The number of nitrogens with one attached hydrogen (secondary N) is 1. The normalized spacial score (nSPS) is 18.1. The number of carbonyl (C=O) groups excluding carboxylic acids is 2. The monoisotopic (exact) mass is 447 g/mol. The number of halogens is 1. The van der Waals surface area contributed by atoms with Gasteiger partial charge < -0.3 is 10.2 Å². The van der Waals surface area contributed by atoms with Crippen LogP contribution in [0.1, 0.15) is 41.0 Å². The van der Waals surface area contributed by atoms with Crippen molar-refractivity contribution in [2.75, 3.05) is 11.4 Å². The first-order chi connectivity index (χ1) is 15.9. The average Bonchev–Trinajstić information content (AvgIpc) is 3.41. The van der Waals surface area contributed by atoms with Crippen LogP contribution in [0.3, 0.4) is 0 Å². The van der Waals surface area contributed by atoms with Gasteiger partial charge in [-0.25, -0.2) is 9.37 Å². The van der Waals surface area contributed by atoms with E-state index in [0.29, 0.717) is 35.0 Å². The molecule has 0 radical (unpaired) electrons. The van der Waals surface area contributed by atoms with Gasteiger partial charge in [0.05, 0.1) is 6.20 Å². The summed E-state index contributed by atoms with van der Waals surface area (Å²) in [5.41, 5.74) is 3.76. The Bertz CT molecular complexity index is 1230. The maximum Gasteiger partial charge on any atom is 0.270 e. The second-order valence-corrected chi connectivity index (χ2v) is 9.01. The second-order valence-electron chi connectivity index (χ2n) is 9.01. The molecule has 3 heterocycles. The molecule has 1 aliphatic carbocycles. The van der Waals surface area contributed by atoms with Gasteiger partial charge in [-0.3, -0.25) is 14.3 Å².